The van der Waals surface area contributed by atoms with Crippen molar-refractivity contribution >= 4 is 11.8 Å². The normalized spacial score (nSPS) is 22.8. The van der Waals surface area contributed by atoms with Crippen LogP contribution in [0.2, 0.25) is 0 Å². The summed E-state index contributed by atoms with van der Waals surface area (Å²) in [5, 5.41) is 20.5. The molecule has 3 N–H and O–H groups in total. The lowest BCUT2D eigenvalue weighted by atomic mass is 10.2. The highest BCUT2D eigenvalue weighted by Gasteiger charge is 2.32. The third kappa shape index (κ3) is 3.26. The SMILES string of the molecule is Cc1c(C2CC2)nn(-c2ccccc2)c1NC(=O)N[C@H]1CCC[C@H]1O. The smallest absolute Gasteiger partial charge is 0.320 e. The lowest BCUT2D eigenvalue weighted by Gasteiger charge is -2.17. The van der Waals surface area contributed by atoms with E-state index in [0.717, 1.165) is 49.0 Å². The molecule has 1 heterocycles. The van der Waals surface area contributed by atoms with Gasteiger partial charge in [-0.25, -0.2) is 9.48 Å². The largest absolute Gasteiger partial charge is 0.391 e. The summed E-state index contributed by atoms with van der Waals surface area (Å²) in [7, 11) is 0. The van der Waals surface area contributed by atoms with Crippen LogP contribution in [-0.2, 0) is 0 Å². The number of para-hydroxylation sites is 1. The van der Waals surface area contributed by atoms with Crippen molar-refractivity contribution in [1.82, 2.24) is 15.1 Å². The van der Waals surface area contributed by atoms with Crippen LogP contribution in [-0.4, -0.2) is 33.1 Å². The van der Waals surface area contributed by atoms with E-state index >= 15 is 0 Å². The average Bonchev–Trinajstić information content (AvgIpc) is 3.31. The summed E-state index contributed by atoms with van der Waals surface area (Å²) in [5.74, 6) is 1.21. The number of amides is 2. The second kappa shape index (κ2) is 6.52. The lowest BCUT2D eigenvalue weighted by Crippen LogP contribution is -2.42. The van der Waals surface area contributed by atoms with Crippen molar-refractivity contribution in [3.63, 3.8) is 0 Å². The third-order valence-electron chi connectivity index (χ3n) is 5.15. The molecule has 0 aliphatic heterocycles. The topological polar surface area (TPSA) is 79.2 Å². The van der Waals surface area contributed by atoms with Gasteiger partial charge in [-0.15, -0.1) is 0 Å². The van der Waals surface area contributed by atoms with Crippen LogP contribution in [0.3, 0.4) is 0 Å². The minimum atomic E-state index is -0.451. The van der Waals surface area contributed by atoms with Crippen LogP contribution in [0.25, 0.3) is 5.69 Å². The van der Waals surface area contributed by atoms with Crippen molar-refractivity contribution in [2.24, 2.45) is 0 Å². The van der Waals surface area contributed by atoms with Gasteiger partial charge < -0.3 is 10.4 Å². The van der Waals surface area contributed by atoms with E-state index in [1.54, 1.807) is 0 Å². The molecule has 2 aliphatic rings. The number of nitrogens with zero attached hydrogens (tertiary/aromatic N) is 2. The fraction of sp³-hybridized carbons (Fsp3) is 0.474. The fourth-order valence-corrected chi connectivity index (χ4v) is 3.58. The number of hydrogen-bond acceptors (Lipinski definition) is 3. The molecule has 0 unspecified atom stereocenters. The highest BCUT2D eigenvalue weighted by atomic mass is 16.3. The number of aliphatic hydroxyl groups is 1. The minimum absolute atomic E-state index is 0.170. The van der Waals surface area contributed by atoms with Gasteiger partial charge in [0.2, 0.25) is 0 Å². The Morgan fingerprint density at radius 1 is 1.20 bits per heavy atom. The molecule has 0 radical (unpaired) electrons. The highest BCUT2D eigenvalue weighted by molar-refractivity contribution is 5.90. The molecule has 6 nitrogen and oxygen atoms in total. The Morgan fingerprint density at radius 2 is 1.96 bits per heavy atom. The van der Waals surface area contributed by atoms with Gasteiger partial charge >= 0.3 is 6.03 Å². The summed E-state index contributed by atoms with van der Waals surface area (Å²) >= 11 is 0. The van der Waals surface area contributed by atoms with Gasteiger partial charge in [0.05, 0.1) is 23.5 Å². The van der Waals surface area contributed by atoms with Crippen LogP contribution in [0.1, 0.15) is 49.3 Å². The van der Waals surface area contributed by atoms with Crippen LogP contribution >= 0.6 is 0 Å². The van der Waals surface area contributed by atoms with Gasteiger partial charge in [-0.05, 0) is 51.2 Å². The van der Waals surface area contributed by atoms with Crippen molar-refractivity contribution in [2.45, 2.75) is 57.1 Å². The van der Waals surface area contributed by atoms with Gasteiger partial charge in [0.25, 0.3) is 0 Å². The molecule has 2 fully saturated rings. The number of nitrogens with one attached hydrogen (secondary N) is 2. The minimum Gasteiger partial charge on any atom is -0.391 e. The summed E-state index contributed by atoms with van der Waals surface area (Å²) in [5.41, 5.74) is 3.02. The number of carbonyl (C=O) groups excluding carboxylic acids is 1. The molecule has 2 aliphatic carbocycles. The van der Waals surface area contributed by atoms with E-state index in [2.05, 4.69) is 10.6 Å². The zero-order valence-corrected chi connectivity index (χ0v) is 14.4. The lowest BCUT2D eigenvalue weighted by molar-refractivity contribution is 0.151. The maximum Gasteiger partial charge on any atom is 0.320 e. The van der Waals surface area contributed by atoms with Crippen molar-refractivity contribution < 1.29 is 9.90 Å². The van der Waals surface area contributed by atoms with E-state index in [1.807, 2.05) is 41.9 Å². The molecule has 4 rings (SSSR count). The Kier molecular flexibility index (Phi) is 4.21. The zero-order valence-electron chi connectivity index (χ0n) is 14.4. The van der Waals surface area contributed by atoms with Crippen molar-refractivity contribution in [3.05, 3.63) is 41.6 Å². The Hall–Kier alpha value is -2.34. The van der Waals surface area contributed by atoms with Crippen LogP contribution in [0.15, 0.2) is 30.3 Å². The van der Waals surface area contributed by atoms with E-state index in [1.165, 1.54) is 0 Å². The molecule has 1 aromatic carbocycles. The van der Waals surface area contributed by atoms with Crippen molar-refractivity contribution in [3.8, 4) is 5.69 Å². The summed E-state index contributed by atoms with van der Waals surface area (Å²) in [6.07, 6.45) is 4.38. The first-order chi connectivity index (χ1) is 12.1. The first kappa shape index (κ1) is 16.1. The maximum atomic E-state index is 12.5. The molecule has 0 spiro atoms. The molecule has 0 bridgehead atoms. The third-order valence-corrected chi connectivity index (χ3v) is 5.15. The van der Waals surface area contributed by atoms with Gasteiger partial charge in [0.1, 0.15) is 5.82 Å². The summed E-state index contributed by atoms with van der Waals surface area (Å²) < 4.78 is 1.81. The fourth-order valence-electron chi connectivity index (χ4n) is 3.58. The molecule has 2 aromatic rings. The maximum absolute atomic E-state index is 12.5. The first-order valence-electron chi connectivity index (χ1n) is 9.04. The van der Waals surface area contributed by atoms with E-state index in [0.29, 0.717) is 11.7 Å². The van der Waals surface area contributed by atoms with Gasteiger partial charge in [-0.1, -0.05) is 18.2 Å². The zero-order chi connectivity index (χ0) is 17.4. The number of anilines is 1. The molecule has 132 valence electrons. The number of benzene rings is 1. The molecule has 2 amide bonds. The molecule has 2 saturated carbocycles. The van der Waals surface area contributed by atoms with Crippen molar-refractivity contribution in [1.29, 1.82) is 0 Å². The molecular formula is C19H24N4O2. The quantitative estimate of drug-likeness (QED) is 0.800. The first-order valence-corrected chi connectivity index (χ1v) is 9.04. The Balaban J connectivity index is 1.60. The summed E-state index contributed by atoms with van der Waals surface area (Å²) in [6, 6.07) is 9.39. The van der Waals surface area contributed by atoms with Gasteiger partial charge in [-0.2, -0.15) is 5.10 Å². The number of aromatic nitrogens is 2. The van der Waals surface area contributed by atoms with Crippen molar-refractivity contribution in [2.75, 3.05) is 5.32 Å². The van der Waals surface area contributed by atoms with E-state index in [4.69, 9.17) is 5.10 Å². The Morgan fingerprint density at radius 3 is 2.60 bits per heavy atom. The van der Waals surface area contributed by atoms with Gasteiger partial charge in [0, 0.05) is 11.5 Å². The molecular weight excluding hydrogens is 316 g/mol. The molecule has 6 heteroatoms. The van der Waals surface area contributed by atoms with E-state index in [9.17, 15) is 9.90 Å². The number of hydrogen-bond donors (Lipinski definition) is 3. The van der Waals surface area contributed by atoms with Gasteiger partial charge in [-0.3, -0.25) is 5.32 Å². The number of urea groups is 1. The second-order valence-electron chi connectivity index (χ2n) is 7.08. The predicted molar refractivity (Wildman–Crippen MR) is 96.1 cm³/mol. The Bertz CT molecular complexity index is 767. The highest BCUT2D eigenvalue weighted by Crippen LogP contribution is 2.42. The number of rotatable bonds is 4. The second-order valence-corrected chi connectivity index (χ2v) is 7.08. The van der Waals surface area contributed by atoms with Crippen LogP contribution in [0.5, 0.6) is 0 Å². The van der Waals surface area contributed by atoms with E-state index in [-0.39, 0.29) is 12.1 Å². The number of carbonyl (C=O) groups is 1. The Labute approximate surface area is 147 Å². The molecule has 2 atom stereocenters. The van der Waals surface area contributed by atoms with Crippen LogP contribution in [0, 0.1) is 6.92 Å². The standard InChI is InChI=1S/C19H24N4O2/c1-12-17(13-10-11-13)22-23(14-6-3-2-4-7-14)18(12)21-19(25)20-15-8-5-9-16(15)24/h2-4,6-7,13,15-16,24H,5,8-11H2,1H3,(H2,20,21,25)/t15-,16+/m0/s1. The monoisotopic (exact) mass is 340 g/mol. The predicted octanol–water partition coefficient (Wildman–Crippen LogP) is 3.09. The summed E-state index contributed by atoms with van der Waals surface area (Å²) in [6.45, 7) is 2.01. The van der Waals surface area contributed by atoms with Crippen LogP contribution < -0.4 is 10.6 Å². The molecule has 25 heavy (non-hydrogen) atoms. The van der Waals surface area contributed by atoms with Gasteiger partial charge in [0.15, 0.2) is 0 Å². The molecule has 1 aromatic heterocycles. The average molecular weight is 340 g/mol. The van der Waals surface area contributed by atoms with Crippen LogP contribution in [0.4, 0.5) is 10.6 Å². The summed E-state index contributed by atoms with van der Waals surface area (Å²) in [4.78, 5) is 12.5. The number of aliphatic hydroxyl groups excluding tert-OH is 1. The molecule has 0 saturated heterocycles. The van der Waals surface area contributed by atoms with E-state index < -0.39 is 6.10 Å².